The van der Waals surface area contributed by atoms with Crippen LogP contribution in [0.25, 0.3) is 0 Å². The van der Waals surface area contributed by atoms with E-state index in [1.54, 1.807) is 4.90 Å². The lowest BCUT2D eigenvalue weighted by atomic mass is 9.46. The van der Waals surface area contributed by atoms with Crippen LogP contribution in [0, 0.1) is 34.5 Å². The number of hydrogen-bond donors (Lipinski definition) is 1. The molecule has 0 radical (unpaired) electrons. The number of carbonyl (C=O) groups excluding carboxylic acids is 1. The minimum atomic E-state index is -1.09. The molecule has 4 nitrogen and oxygen atoms in total. The van der Waals surface area contributed by atoms with E-state index in [0.717, 1.165) is 32.1 Å². The van der Waals surface area contributed by atoms with Crippen molar-refractivity contribution in [1.82, 2.24) is 4.90 Å². The van der Waals surface area contributed by atoms with Crippen LogP contribution < -0.4 is 5.73 Å². The molecule has 5 aliphatic carbocycles. The summed E-state index contributed by atoms with van der Waals surface area (Å²) in [5.74, 6) is 1.23. The molecule has 1 saturated heterocycles. The van der Waals surface area contributed by atoms with E-state index in [0.29, 0.717) is 37.0 Å². The number of halogens is 1. The minimum Gasteiger partial charge on any atom is -0.322 e. The Morgan fingerprint density at radius 2 is 1.91 bits per heavy atom. The number of rotatable bonds is 2. The smallest absolute Gasteiger partial charge is 0.241 e. The van der Waals surface area contributed by atoms with Crippen molar-refractivity contribution < 1.29 is 9.18 Å². The van der Waals surface area contributed by atoms with Gasteiger partial charge in [0.15, 0.2) is 0 Å². The van der Waals surface area contributed by atoms with Crippen molar-refractivity contribution in [3.05, 3.63) is 0 Å². The van der Waals surface area contributed by atoms with Crippen LogP contribution in [0.1, 0.15) is 51.4 Å². The molecule has 0 aromatic carbocycles. The van der Waals surface area contributed by atoms with Gasteiger partial charge in [0, 0.05) is 6.04 Å². The summed E-state index contributed by atoms with van der Waals surface area (Å²) in [6.07, 6.45) is 6.53. The molecule has 1 aliphatic heterocycles. The summed E-state index contributed by atoms with van der Waals surface area (Å²) in [7, 11) is 0. The Kier molecular flexibility index (Phi) is 2.64. The van der Waals surface area contributed by atoms with E-state index in [-0.39, 0.29) is 23.4 Å². The Bertz CT molecular complexity index is 600. The highest BCUT2D eigenvalue weighted by molar-refractivity contribution is 5.84. The summed E-state index contributed by atoms with van der Waals surface area (Å²) in [5.41, 5.74) is 5.03. The maximum absolute atomic E-state index is 15.1. The lowest BCUT2D eigenvalue weighted by Gasteiger charge is -2.60. The third-order valence-corrected chi connectivity index (χ3v) is 7.47. The van der Waals surface area contributed by atoms with Crippen LogP contribution in [-0.2, 0) is 4.79 Å². The molecule has 124 valence electrons. The number of alkyl halides is 1. The molecule has 1 amide bonds. The van der Waals surface area contributed by atoms with Gasteiger partial charge in [0.25, 0.3) is 0 Å². The molecular weight excluding hydrogens is 293 g/mol. The van der Waals surface area contributed by atoms with E-state index in [2.05, 4.69) is 6.07 Å². The largest absolute Gasteiger partial charge is 0.322 e. The molecule has 0 aromatic rings. The zero-order valence-corrected chi connectivity index (χ0v) is 13.4. The summed E-state index contributed by atoms with van der Waals surface area (Å²) in [6, 6.07) is 1.56. The van der Waals surface area contributed by atoms with E-state index in [9.17, 15) is 10.1 Å². The zero-order chi connectivity index (χ0) is 16.0. The molecular formula is C18H24FN3O. The second kappa shape index (κ2) is 4.27. The molecule has 0 spiro atoms. The molecule has 0 aromatic heterocycles. The molecule has 6 aliphatic rings. The number of piperidine rings is 1. The van der Waals surface area contributed by atoms with Gasteiger partial charge in [-0.3, -0.25) is 4.79 Å². The maximum Gasteiger partial charge on any atom is 0.241 e. The third-order valence-electron chi connectivity index (χ3n) is 7.47. The van der Waals surface area contributed by atoms with Crippen molar-refractivity contribution in [3.8, 4) is 6.07 Å². The monoisotopic (exact) mass is 317 g/mol. The first-order valence-corrected chi connectivity index (χ1v) is 9.09. The Labute approximate surface area is 136 Å². The number of nitriles is 1. The highest BCUT2D eigenvalue weighted by atomic mass is 19.1. The fraction of sp³-hybridized carbons (Fsp3) is 0.889. The van der Waals surface area contributed by atoms with Gasteiger partial charge in [0.05, 0.1) is 12.1 Å². The normalized spacial score (nSPS) is 53.8. The van der Waals surface area contributed by atoms with Crippen molar-refractivity contribution in [2.45, 2.75) is 75.2 Å². The first-order chi connectivity index (χ1) is 10.9. The number of hydrogen-bond acceptors (Lipinski definition) is 3. The first kappa shape index (κ1) is 14.2. The van der Waals surface area contributed by atoms with Crippen molar-refractivity contribution in [1.29, 1.82) is 5.26 Å². The summed E-state index contributed by atoms with van der Waals surface area (Å²) >= 11 is 0. The minimum absolute atomic E-state index is 0.0768. The molecule has 5 heteroatoms. The standard InChI is InChI=1S/C18H24FN3O/c19-18-6-10-1-11(7-18)5-17(4-10,9-18)15(21)16(23)22-13(8-20)2-12-3-14(12)22/h10-15H,1-7,9,21H2/t10-,11+,12-,13+,14+,15-,17?,18?/m1/s1. The molecule has 2 N–H and O–H groups in total. The van der Waals surface area contributed by atoms with E-state index in [1.807, 2.05) is 0 Å². The van der Waals surface area contributed by atoms with Crippen molar-refractivity contribution in [3.63, 3.8) is 0 Å². The van der Waals surface area contributed by atoms with Crippen molar-refractivity contribution >= 4 is 5.91 Å². The molecule has 8 atom stereocenters. The lowest BCUT2D eigenvalue weighted by Crippen LogP contribution is -2.64. The number of likely N-dealkylation sites (tertiary alicyclic amines) is 1. The predicted octanol–water partition coefficient (Wildman–Crippen LogP) is 2.14. The fourth-order valence-corrected chi connectivity index (χ4v) is 6.90. The Morgan fingerprint density at radius 1 is 1.22 bits per heavy atom. The molecule has 6 rings (SSSR count). The van der Waals surface area contributed by atoms with E-state index in [4.69, 9.17) is 5.73 Å². The Balaban J connectivity index is 1.43. The van der Waals surface area contributed by atoms with Crippen LogP contribution in [0.15, 0.2) is 0 Å². The molecule has 6 fully saturated rings. The average Bonchev–Trinajstić information content (AvgIpc) is 3.14. The van der Waals surface area contributed by atoms with Gasteiger partial charge in [-0.1, -0.05) is 0 Å². The molecule has 1 heterocycles. The van der Waals surface area contributed by atoms with Gasteiger partial charge in [0.1, 0.15) is 11.7 Å². The summed E-state index contributed by atoms with van der Waals surface area (Å²) in [6.45, 7) is 0. The number of fused-ring (bicyclic) bond motifs is 1. The number of nitrogens with two attached hydrogens (primary N) is 1. The van der Waals surface area contributed by atoms with E-state index in [1.165, 1.54) is 0 Å². The topological polar surface area (TPSA) is 70.1 Å². The van der Waals surface area contributed by atoms with Crippen LogP contribution in [0.3, 0.4) is 0 Å². The quantitative estimate of drug-likeness (QED) is 0.848. The van der Waals surface area contributed by atoms with Gasteiger partial charge in [-0.2, -0.15) is 5.26 Å². The molecule has 4 bridgehead atoms. The van der Waals surface area contributed by atoms with Gasteiger partial charge >= 0.3 is 0 Å². The van der Waals surface area contributed by atoms with Crippen LogP contribution in [0.4, 0.5) is 4.39 Å². The molecule has 2 unspecified atom stereocenters. The predicted molar refractivity (Wildman–Crippen MR) is 81.7 cm³/mol. The maximum atomic E-state index is 15.1. The lowest BCUT2D eigenvalue weighted by molar-refractivity contribution is -0.156. The Morgan fingerprint density at radius 3 is 2.52 bits per heavy atom. The van der Waals surface area contributed by atoms with Crippen LogP contribution >= 0.6 is 0 Å². The summed E-state index contributed by atoms with van der Waals surface area (Å²) < 4.78 is 15.1. The van der Waals surface area contributed by atoms with Crippen LogP contribution in [0.2, 0.25) is 0 Å². The molecule has 23 heavy (non-hydrogen) atoms. The highest BCUT2D eigenvalue weighted by Gasteiger charge is 2.63. The summed E-state index contributed by atoms with van der Waals surface area (Å²) in [4.78, 5) is 14.9. The fourth-order valence-electron chi connectivity index (χ4n) is 6.90. The highest BCUT2D eigenvalue weighted by Crippen LogP contribution is 2.64. The SMILES string of the molecule is N#C[C@@H]1C[C@@H]2C[C@@H]2N1C(=O)[C@@H](N)C12C[C@@H]3C[C@@H](CC(F)(C3)C1)C2. The number of carbonyl (C=O) groups is 1. The van der Waals surface area contributed by atoms with E-state index < -0.39 is 11.7 Å². The van der Waals surface area contributed by atoms with Gasteiger partial charge < -0.3 is 10.6 Å². The van der Waals surface area contributed by atoms with Crippen molar-refractivity contribution in [2.75, 3.05) is 0 Å². The van der Waals surface area contributed by atoms with Crippen molar-refractivity contribution in [2.24, 2.45) is 28.9 Å². The van der Waals surface area contributed by atoms with Gasteiger partial charge in [0.2, 0.25) is 5.91 Å². The second-order valence-corrected chi connectivity index (χ2v) is 9.14. The Hall–Kier alpha value is -1.15. The number of amides is 1. The number of nitrogens with zero attached hydrogens (tertiary/aromatic N) is 2. The third kappa shape index (κ3) is 1.88. The van der Waals surface area contributed by atoms with Gasteiger partial charge in [-0.05, 0) is 74.5 Å². The van der Waals surface area contributed by atoms with Gasteiger partial charge in [-0.25, -0.2) is 4.39 Å². The second-order valence-electron chi connectivity index (χ2n) is 9.14. The average molecular weight is 317 g/mol. The molecule has 5 saturated carbocycles. The van der Waals surface area contributed by atoms with Gasteiger partial charge in [-0.15, -0.1) is 0 Å². The summed E-state index contributed by atoms with van der Waals surface area (Å²) in [5, 5.41) is 9.34. The van der Waals surface area contributed by atoms with Crippen LogP contribution in [0.5, 0.6) is 0 Å². The first-order valence-electron chi connectivity index (χ1n) is 9.09. The zero-order valence-electron chi connectivity index (χ0n) is 13.4. The van der Waals surface area contributed by atoms with E-state index >= 15 is 4.39 Å². The van der Waals surface area contributed by atoms with Crippen LogP contribution in [-0.4, -0.2) is 34.6 Å².